The number of para-hydroxylation sites is 1. The fourth-order valence-corrected chi connectivity index (χ4v) is 8.59. The van der Waals surface area contributed by atoms with E-state index < -0.39 is 11.7 Å². The number of carbonyl (C=O) groups is 1. The number of halogens is 3. The molecule has 0 saturated carbocycles. The summed E-state index contributed by atoms with van der Waals surface area (Å²) < 4.78 is 45.4. The van der Waals surface area contributed by atoms with Crippen LogP contribution in [0.25, 0.3) is 43.6 Å². The van der Waals surface area contributed by atoms with Crippen molar-refractivity contribution in [2.75, 3.05) is 0 Å². The smallest absolute Gasteiger partial charge is 0.407 e. The molecule has 4 aromatic heterocycles. The molecule has 5 N–H and O–H groups in total. The first-order chi connectivity index (χ1) is 31.0. The molecule has 8 aromatic rings. The monoisotopic (exact) mass is 904 g/mol. The van der Waals surface area contributed by atoms with Crippen molar-refractivity contribution in [2.24, 2.45) is 17.8 Å². The van der Waals surface area contributed by atoms with E-state index in [0.29, 0.717) is 24.2 Å². The number of amides is 1. The highest BCUT2D eigenvalue weighted by Crippen LogP contribution is 2.29. The Morgan fingerprint density at radius 1 is 0.530 bits per heavy atom. The van der Waals surface area contributed by atoms with Crippen LogP contribution in [0.4, 0.5) is 18.0 Å². The zero-order valence-corrected chi connectivity index (χ0v) is 41.6. The van der Waals surface area contributed by atoms with Crippen molar-refractivity contribution in [3.63, 3.8) is 0 Å². The van der Waals surface area contributed by atoms with Crippen molar-refractivity contribution in [3.8, 4) is 0 Å². The molecule has 1 amide bonds. The normalized spacial score (nSPS) is 12.1. The van der Waals surface area contributed by atoms with E-state index in [2.05, 4.69) is 105 Å². The van der Waals surface area contributed by atoms with Crippen molar-refractivity contribution in [1.29, 1.82) is 0 Å². The minimum atomic E-state index is -0.516. The molecular formula is C56H72F3N5O2. The third-order valence-corrected chi connectivity index (χ3v) is 11.4. The first-order valence-electron chi connectivity index (χ1n) is 23.4. The summed E-state index contributed by atoms with van der Waals surface area (Å²) >= 11 is 0. The molecule has 354 valence electrons. The van der Waals surface area contributed by atoms with Crippen molar-refractivity contribution in [3.05, 3.63) is 141 Å². The first kappa shape index (κ1) is 51.1. The highest BCUT2D eigenvalue weighted by atomic mass is 19.1. The van der Waals surface area contributed by atoms with E-state index in [-0.39, 0.29) is 23.5 Å². The third-order valence-electron chi connectivity index (χ3n) is 11.4. The number of hydrogen-bond donors (Lipinski definition) is 5. The molecule has 0 aliphatic heterocycles. The number of alkyl carbamates (subject to hydrolysis) is 1. The summed E-state index contributed by atoms with van der Waals surface area (Å²) in [7, 11) is 0. The number of fused-ring (bicyclic) bond motifs is 4. The SMILES string of the molecule is Cc1[nH]c2cc(F)ccc2c1C[C@@H](C)NC(=O)OC(C)(C)C.Cc1[nH]c2ccc(F)cc2c1CC(C)C.Cc1[nH]c2cccc(F)c2c1CC(C)C.Cc1[nH]c2ccccc2c1CC(C)C. The lowest BCUT2D eigenvalue weighted by molar-refractivity contribution is 0.0508. The maximum Gasteiger partial charge on any atom is 0.407 e. The van der Waals surface area contributed by atoms with Gasteiger partial charge >= 0.3 is 6.09 Å². The van der Waals surface area contributed by atoms with Gasteiger partial charge in [0.2, 0.25) is 0 Å². The summed E-state index contributed by atoms with van der Waals surface area (Å²) in [4.78, 5) is 24.9. The number of benzene rings is 4. The van der Waals surface area contributed by atoms with Crippen molar-refractivity contribution in [1.82, 2.24) is 25.3 Å². The summed E-state index contributed by atoms with van der Waals surface area (Å²) in [5.41, 5.74) is 12.9. The number of nitrogens with one attached hydrogen (secondary N) is 5. The van der Waals surface area contributed by atoms with Crippen molar-refractivity contribution in [2.45, 2.75) is 134 Å². The zero-order valence-electron chi connectivity index (χ0n) is 41.6. The van der Waals surface area contributed by atoms with Crippen LogP contribution in [-0.2, 0) is 30.4 Å². The second kappa shape index (κ2) is 22.1. The second-order valence-electron chi connectivity index (χ2n) is 20.0. The van der Waals surface area contributed by atoms with Gasteiger partial charge in [-0.2, -0.15) is 0 Å². The van der Waals surface area contributed by atoms with Gasteiger partial charge in [0.15, 0.2) is 0 Å². The highest BCUT2D eigenvalue weighted by molar-refractivity contribution is 5.87. The second-order valence-corrected chi connectivity index (χ2v) is 20.0. The van der Waals surface area contributed by atoms with E-state index in [4.69, 9.17) is 4.74 Å². The Morgan fingerprint density at radius 3 is 1.59 bits per heavy atom. The summed E-state index contributed by atoms with van der Waals surface area (Å²) in [6.45, 7) is 28.8. The summed E-state index contributed by atoms with van der Waals surface area (Å²) in [6, 6.07) is 23.3. The Balaban J connectivity index is 0.000000168. The number of carbonyl (C=O) groups excluding carboxylic acids is 1. The fraction of sp³-hybridized carbons (Fsp3) is 0.411. The van der Waals surface area contributed by atoms with Crippen LogP contribution in [0.2, 0.25) is 0 Å². The predicted octanol–water partition coefficient (Wildman–Crippen LogP) is 15.4. The van der Waals surface area contributed by atoms with Gasteiger partial charge in [-0.15, -0.1) is 0 Å². The van der Waals surface area contributed by atoms with E-state index in [1.165, 1.54) is 52.0 Å². The molecule has 8 rings (SSSR count). The quantitative estimate of drug-likeness (QED) is 0.0996. The molecule has 0 aliphatic rings. The molecule has 4 heterocycles. The predicted molar refractivity (Wildman–Crippen MR) is 270 cm³/mol. The number of rotatable bonds is 9. The van der Waals surface area contributed by atoms with Crippen LogP contribution in [0.3, 0.4) is 0 Å². The molecule has 0 radical (unpaired) electrons. The lowest BCUT2D eigenvalue weighted by atomic mass is 10.00. The summed E-state index contributed by atoms with van der Waals surface area (Å²) in [6.07, 6.45) is 3.30. The summed E-state index contributed by atoms with van der Waals surface area (Å²) in [5, 5.41) is 7.00. The van der Waals surface area contributed by atoms with Crippen LogP contribution >= 0.6 is 0 Å². The minimum Gasteiger partial charge on any atom is -0.444 e. The molecule has 66 heavy (non-hydrogen) atoms. The lowest BCUT2D eigenvalue weighted by Crippen LogP contribution is -2.38. The molecule has 4 aromatic carbocycles. The van der Waals surface area contributed by atoms with Crippen LogP contribution < -0.4 is 5.32 Å². The molecule has 0 spiro atoms. The number of ether oxygens (including phenoxy) is 1. The van der Waals surface area contributed by atoms with Crippen molar-refractivity contribution >= 4 is 49.7 Å². The lowest BCUT2D eigenvalue weighted by Gasteiger charge is -2.22. The van der Waals surface area contributed by atoms with Gasteiger partial charge in [-0.3, -0.25) is 0 Å². The van der Waals surface area contributed by atoms with Crippen LogP contribution in [0.1, 0.15) is 114 Å². The number of aromatic amines is 4. The Hall–Kier alpha value is -5.90. The van der Waals surface area contributed by atoms with Crippen LogP contribution in [0.5, 0.6) is 0 Å². The van der Waals surface area contributed by atoms with E-state index in [1.54, 1.807) is 18.2 Å². The third kappa shape index (κ3) is 13.6. The largest absolute Gasteiger partial charge is 0.444 e. The number of hydrogen-bond acceptors (Lipinski definition) is 2. The van der Waals surface area contributed by atoms with E-state index in [9.17, 15) is 18.0 Å². The van der Waals surface area contributed by atoms with Gasteiger partial charge in [-0.25, -0.2) is 18.0 Å². The summed E-state index contributed by atoms with van der Waals surface area (Å²) in [5.74, 6) is 1.31. The van der Waals surface area contributed by atoms with Crippen LogP contribution in [-0.4, -0.2) is 37.7 Å². The van der Waals surface area contributed by atoms with Gasteiger partial charge in [0.05, 0.1) is 0 Å². The zero-order chi connectivity index (χ0) is 48.6. The molecule has 0 aliphatic carbocycles. The Bertz CT molecular complexity index is 2870. The number of aromatic nitrogens is 4. The topological polar surface area (TPSA) is 101 Å². The average molecular weight is 904 g/mol. The molecule has 0 saturated heterocycles. The van der Waals surface area contributed by atoms with Gasteiger partial charge < -0.3 is 30.0 Å². The molecule has 1 atom stereocenters. The van der Waals surface area contributed by atoms with E-state index in [1.807, 2.05) is 53.7 Å². The van der Waals surface area contributed by atoms with E-state index >= 15 is 0 Å². The van der Waals surface area contributed by atoms with Gasteiger partial charge in [-0.05, 0) is 176 Å². The molecule has 0 bridgehead atoms. The number of H-pyrrole nitrogens is 4. The van der Waals surface area contributed by atoms with Gasteiger partial charge in [0, 0.05) is 72.4 Å². The molecule has 7 nitrogen and oxygen atoms in total. The Kier molecular flexibility index (Phi) is 17.1. The molecule has 0 unspecified atom stereocenters. The molecule has 10 heteroatoms. The Labute approximate surface area is 389 Å². The van der Waals surface area contributed by atoms with Gasteiger partial charge in [-0.1, -0.05) is 65.8 Å². The maximum absolute atomic E-state index is 13.7. The van der Waals surface area contributed by atoms with Crippen molar-refractivity contribution < 1.29 is 22.7 Å². The fourth-order valence-electron chi connectivity index (χ4n) is 8.59. The van der Waals surface area contributed by atoms with Gasteiger partial charge in [0.1, 0.15) is 23.1 Å². The minimum absolute atomic E-state index is 0.0856. The average Bonchev–Trinajstić information content (AvgIpc) is 3.90. The molecular weight excluding hydrogens is 832 g/mol. The van der Waals surface area contributed by atoms with Gasteiger partial charge in [0.25, 0.3) is 0 Å². The van der Waals surface area contributed by atoms with Crippen LogP contribution in [0.15, 0.2) is 78.9 Å². The Morgan fingerprint density at radius 2 is 0.985 bits per heavy atom. The van der Waals surface area contributed by atoms with E-state index in [0.717, 1.165) is 80.2 Å². The highest BCUT2D eigenvalue weighted by Gasteiger charge is 2.20. The molecule has 0 fully saturated rings. The maximum atomic E-state index is 13.7. The standard InChI is InChI=1S/C17H23FN2O2.2C13H16FN.C13H17N/c1-10(19-16(21)22-17(3,4)5)8-14-11(2)20-15-9-12(18)6-7-13(14)15;1-8(2)6-11-9(3)15-13-5-4-10(14)7-12(11)13;1-8(2)7-10-9(3)15-12-6-4-5-11(14)13(10)12;1-9(2)8-12-10(3)14-13-7-5-4-6-11(12)13/h6-7,9-10,20H,8H2,1-5H3,(H,19,21);4-5,7-8,15H,6H2,1-3H3;4-6,8,15H,7H2,1-3H3;4-7,9,14H,8H2,1-3H3/t10-;;;/m1.../s1. The number of aryl methyl sites for hydroxylation is 4. The van der Waals surface area contributed by atoms with Crippen LogP contribution in [0, 0.1) is 62.9 Å². The first-order valence-corrected chi connectivity index (χ1v) is 23.4.